The molecule has 1 unspecified atom stereocenters. The number of nitrogens with one attached hydrogen (secondary N) is 4. The van der Waals surface area contributed by atoms with Crippen LogP contribution in [-0.2, 0) is 0 Å². The molecule has 1 aliphatic heterocycles. The summed E-state index contributed by atoms with van der Waals surface area (Å²) in [5, 5.41) is 15.5. The van der Waals surface area contributed by atoms with E-state index in [9.17, 15) is 9.59 Å². The maximum Gasteiger partial charge on any atom is 0.319 e. The molecule has 8 nitrogen and oxygen atoms in total. The Balaban J connectivity index is 1.96. The van der Waals surface area contributed by atoms with Crippen molar-refractivity contribution in [1.82, 2.24) is 25.7 Å². The van der Waals surface area contributed by atoms with Crippen LogP contribution in [0.2, 0.25) is 0 Å². The van der Waals surface area contributed by atoms with Gasteiger partial charge >= 0.3 is 12.1 Å². The number of hydrogen-bond acceptors (Lipinski definition) is 3. The Morgan fingerprint density at radius 3 is 2.96 bits per heavy atom. The topological polar surface area (TPSA) is 102 Å². The van der Waals surface area contributed by atoms with Gasteiger partial charge < -0.3 is 20.9 Å². The van der Waals surface area contributed by atoms with E-state index in [0.717, 1.165) is 37.9 Å². The van der Waals surface area contributed by atoms with E-state index in [1.807, 2.05) is 11.8 Å². The van der Waals surface area contributed by atoms with Crippen molar-refractivity contribution in [2.45, 2.75) is 45.4 Å². The number of urea groups is 2. The second kappa shape index (κ2) is 9.14. The molecule has 0 radical (unpaired) electrons. The number of carbonyl (C=O) groups excluding carboxylic acids is 2. The number of rotatable bonds is 6. The maximum atomic E-state index is 12.2. The number of hydrogen-bond donors (Lipinski definition) is 4. The molecule has 4 amide bonds. The van der Waals surface area contributed by atoms with Gasteiger partial charge in [0.15, 0.2) is 0 Å². The van der Waals surface area contributed by atoms with Gasteiger partial charge in [-0.15, -0.1) is 0 Å². The van der Waals surface area contributed by atoms with E-state index >= 15 is 0 Å². The van der Waals surface area contributed by atoms with Crippen LogP contribution in [0.3, 0.4) is 0 Å². The van der Waals surface area contributed by atoms with Crippen molar-refractivity contribution in [1.29, 1.82) is 0 Å². The van der Waals surface area contributed by atoms with Crippen LogP contribution in [0.4, 0.5) is 15.3 Å². The Kier molecular flexibility index (Phi) is 6.89. The summed E-state index contributed by atoms with van der Waals surface area (Å²) in [7, 11) is 0. The van der Waals surface area contributed by atoms with Crippen molar-refractivity contribution in [3.8, 4) is 0 Å². The summed E-state index contributed by atoms with van der Waals surface area (Å²) >= 11 is 0. The molecular weight excluding hydrogens is 308 g/mol. The zero-order valence-electron chi connectivity index (χ0n) is 14.5. The summed E-state index contributed by atoms with van der Waals surface area (Å²) < 4.78 is 0. The van der Waals surface area contributed by atoms with Crippen molar-refractivity contribution in [3.05, 3.63) is 11.9 Å². The van der Waals surface area contributed by atoms with Crippen LogP contribution in [0, 0.1) is 0 Å². The molecule has 0 bridgehead atoms. The Labute approximate surface area is 142 Å². The molecule has 24 heavy (non-hydrogen) atoms. The van der Waals surface area contributed by atoms with Crippen LogP contribution in [-0.4, -0.2) is 53.3 Å². The first-order valence-corrected chi connectivity index (χ1v) is 8.76. The van der Waals surface area contributed by atoms with Gasteiger partial charge in [0, 0.05) is 32.1 Å². The molecule has 0 spiro atoms. The van der Waals surface area contributed by atoms with Gasteiger partial charge in [-0.1, -0.05) is 13.3 Å². The Morgan fingerprint density at radius 2 is 2.21 bits per heavy atom. The quantitative estimate of drug-likeness (QED) is 0.599. The average Bonchev–Trinajstić information content (AvgIpc) is 3.03. The number of unbranched alkanes of at least 4 members (excludes halogenated alkanes) is 1. The van der Waals surface area contributed by atoms with E-state index < -0.39 is 0 Å². The molecule has 1 aliphatic rings. The minimum atomic E-state index is -0.245. The minimum absolute atomic E-state index is 0.00843. The summed E-state index contributed by atoms with van der Waals surface area (Å²) in [6.45, 7) is 6.64. The van der Waals surface area contributed by atoms with Crippen LogP contribution < -0.4 is 16.0 Å². The van der Waals surface area contributed by atoms with Crippen molar-refractivity contribution < 1.29 is 9.59 Å². The largest absolute Gasteiger partial charge is 0.338 e. The number of aromatic nitrogens is 2. The standard InChI is InChI=1S/C16H28N6O2/c1-3-5-8-18-16(24)22-9-6-7-12(11-22)14-13(10-19-21-14)20-15(23)17-4-2/h10,12H,3-9,11H2,1-2H3,(H,18,24)(H,19,21)(H2,17,20,23). The van der Waals surface area contributed by atoms with E-state index in [4.69, 9.17) is 0 Å². The lowest BCUT2D eigenvalue weighted by Crippen LogP contribution is -2.45. The molecule has 1 saturated heterocycles. The first kappa shape index (κ1) is 18.1. The fourth-order valence-corrected chi connectivity index (χ4v) is 2.92. The number of likely N-dealkylation sites (tertiary alicyclic amines) is 1. The van der Waals surface area contributed by atoms with Crippen LogP contribution >= 0.6 is 0 Å². The molecule has 2 heterocycles. The summed E-state index contributed by atoms with van der Waals surface area (Å²) in [5.74, 6) is 0.148. The third-order valence-corrected chi connectivity index (χ3v) is 4.18. The fraction of sp³-hybridized carbons (Fsp3) is 0.688. The van der Waals surface area contributed by atoms with Gasteiger partial charge in [-0.2, -0.15) is 5.10 Å². The molecule has 134 valence electrons. The lowest BCUT2D eigenvalue weighted by atomic mass is 9.94. The molecular formula is C16H28N6O2. The molecule has 4 N–H and O–H groups in total. The number of H-pyrrole nitrogens is 1. The van der Waals surface area contributed by atoms with Crippen LogP contribution in [0.1, 0.15) is 51.1 Å². The molecule has 8 heteroatoms. The molecule has 0 saturated carbocycles. The summed E-state index contributed by atoms with van der Waals surface area (Å²) in [4.78, 5) is 25.8. The molecule has 1 aromatic rings. The fourth-order valence-electron chi connectivity index (χ4n) is 2.92. The van der Waals surface area contributed by atoms with Crippen molar-refractivity contribution in [2.75, 3.05) is 31.5 Å². The Bertz CT molecular complexity index is 544. The van der Waals surface area contributed by atoms with Crippen molar-refractivity contribution >= 4 is 17.7 Å². The van der Waals surface area contributed by atoms with Crippen LogP contribution in [0.15, 0.2) is 6.20 Å². The van der Waals surface area contributed by atoms with Crippen LogP contribution in [0.25, 0.3) is 0 Å². The van der Waals surface area contributed by atoms with Gasteiger partial charge in [-0.3, -0.25) is 5.10 Å². The smallest absolute Gasteiger partial charge is 0.319 e. The molecule has 1 aromatic heterocycles. The summed E-state index contributed by atoms with van der Waals surface area (Å²) in [5.41, 5.74) is 1.56. The first-order valence-electron chi connectivity index (χ1n) is 8.76. The van der Waals surface area contributed by atoms with E-state index in [-0.39, 0.29) is 18.0 Å². The number of amides is 4. The predicted octanol–water partition coefficient (Wildman–Crippen LogP) is 2.24. The average molecular weight is 336 g/mol. The van der Waals surface area contributed by atoms with E-state index in [0.29, 0.717) is 25.3 Å². The molecule has 0 aliphatic carbocycles. The minimum Gasteiger partial charge on any atom is -0.338 e. The second-order valence-corrected chi connectivity index (χ2v) is 6.05. The van der Waals surface area contributed by atoms with Gasteiger partial charge in [0.2, 0.25) is 0 Å². The monoisotopic (exact) mass is 336 g/mol. The van der Waals surface area contributed by atoms with E-state index in [1.165, 1.54) is 0 Å². The third kappa shape index (κ3) is 4.87. The van der Waals surface area contributed by atoms with Gasteiger partial charge in [-0.05, 0) is 26.2 Å². The first-order chi connectivity index (χ1) is 11.7. The normalized spacial score (nSPS) is 17.4. The second-order valence-electron chi connectivity index (χ2n) is 6.05. The van der Waals surface area contributed by atoms with Gasteiger partial charge in [0.1, 0.15) is 0 Å². The molecule has 1 atom stereocenters. The van der Waals surface area contributed by atoms with Gasteiger partial charge in [0.25, 0.3) is 0 Å². The molecule has 0 aromatic carbocycles. The number of aromatic amines is 1. The summed E-state index contributed by atoms with van der Waals surface area (Å²) in [6.07, 6.45) is 5.57. The zero-order chi connectivity index (χ0) is 17.4. The number of piperidine rings is 1. The third-order valence-electron chi connectivity index (χ3n) is 4.18. The molecule has 1 fully saturated rings. The van der Waals surface area contributed by atoms with Crippen molar-refractivity contribution in [3.63, 3.8) is 0 Å². The highest BCUT2D eigenvalue weighted by molar-refractivity contribution is 5.89. The predicted molar refractivity (Wildman–Crippen MR) is 93.1 cm³/mol. The highest BCUT2D eigenvalue weighted by Gasteiger charge is 2.27. The maximum absolute atomic E-state index is 12.2. The lowest BCUT2D eigenvalue weighted by molar-refractivity contribution is 0.179. The zero-order valence-corrected chi connectivity index (χ0v) is 14.5. The van der Waals surface area contributed by atoms with Gasteiger partial charge in [0.05, 0.1) is 17.6 Å². The number of carbonyl (C=O) groups is 2. The van der Waals surface area contributed by atoms with Crippen LogP contribution in [0.5, 0.6) is 0 Å². The van der Waals surface area contributed by atoms with Crippen molar-refractivity contribution in [2.24, 2.45) is 0 Å². The summed E-state index contributed by atoms with van der Waals surface area (Å²) in [6, 6.07) is -0.254. The number of nitrogens with zero attached hydrogens (tertiary/aromatic N) is 2. The SMILES string of the molecule is CCCCNC(=O)N1CCCC(c2[nH]ncc2NC(=O)NCC)C1. The molecule has 2 rings (SSSR count). The lowest BCUT2D eigenvalue weighted by Gasteiger charge is -2.32. The highest BCUT2D eigenvalue weighted by Crippen LogP contribution is 2.30. The van der Waals surface area contributed by atoms with Gasteiger partial charge in [-0.25, -0.2) is 9.59 Å². The van der Waals surface area contributed by atoms with E-state index in [2.05, 4.69) is 33.1 Å². The number of anilines is 1. The van der Waals surface area contributed by atoms with E-state index in [1.54, 1.807) is 6.20 Å². The Hall–Kier alpha value is -2.25. The Morgan fingerprint density at radius 1 is 1.38 bits per heavy atom. The highest BCUT2D eigenvalue weighted by atomic mass is 16.2.